The van der Waals surface area contributed by atoms with Gasteiger partial charge in [-0.1, -0.05) is 0 Å². The standard InChI is InChI=1S/C16H16O5/c1-19-11(17)13-7-4-8-14(13,12(18)20-2)10-6-3-5(9(10)13)15(7)16(6,8)21-15/h5-10H,3-4H2,1-2H3/t5-,6-,7-,8-,9+,10+,13-,14-,15+,16+/m1/s1. The lowest BCUT2D eigenvalue weighted by molar-refractivity contribution is -0.226. The number of carbonyl (C=O) groups excluding carboxylic acids is 2. The topological polar surface area (TPSA) is 65.1 Å². The number of hydrogen-bond acceptors (Lipinski definition) is 5. The Kier molecular flexibility index (Phi) is 1.13. The highest BCUT2D eigenvalue weighted by Gasteiger charge is 3.16. The van der Waals surface area contributed by atoms with E-state index in [9.17, 15) is 9.59 Å². The average Bonchev–Trinajstić information content (AvgIpc) is 2.69. The van der Waals surface area contributed by atoms with Crippen LogP contribution >= 0.6 is 0 Å². The monoisotopic (exact) mass is 288 g/mol. The highest BCUT2D eigenvalue weighted by Crippen LogP contribution is 3.07. The van der Waals surface area contributed by atoms with Gasteiger partial charge in [0, 0.05) is 11.8 Å². The maximum Gasteiger partial charge on any atom is 0.313 e. The first-order valence-corrected chi connectivity index (χ1v) is 7.98. The fraction of sp³-hybridized carbons (Fsp3) is 0.875. The van der Waals surface area contributed by atoms with Crippen LogP contribution in [0.2, 0.25) is 0 Å². The van der Waals surface area contributed by atoms with Gasteiger partial charge in [0.15, 0.2) is 0 Å². The number of ether oxygens (including phenoxy) is 3. The van der Waals surface area contributed by atoms with Gasteiger partial charge in [-0.15, -0.1) is 0 Å². The molecule has 0 aromatic carbocycles. The Morgan fingerprint density at radius 1 is 0.905 bits per heavy atom. The first kappa shape index (κ1) is 10.6. The summed E-state index contributed by atoms with van der Waals surface area (Å²) in [5.41, 5.74) is -1.38. The summed E-state index contributed by atoms with van der Waals surface area (Å²) in [6.07, 6.45) is 2.12. The predicted octanol–water partition coefficient (Wildman–Crippen LogP) is 0.372. The molecule has 0 aromatic rings. The van der Waals surface area contributed by atoms with Gasteiger partial charge in [0.1, 0.15) is 11.2 Å². The third-order valence-corrected chi connectivity index (χ3v) is 9.16. The predicted molar refractivity (Wildman–Crippen MR) is 65.6 cm³/mol. The molecule has 1 saturated heterocycles. The molecule has 7 aliphatic carbocycles. The molecule has 21 heavy (non-hydrogen) atoms. The lowest BCUT2D eigenvalue weighted by atomic mass is 9.39. The molecule has 0 amide bonds. The molecule has 7 saturated carbocycles. The van der Waals surface area contributed by atoms with Gasteiger partial charge >= 0.3 is 11.9 Å². The highest BCUT2D eigenvalue weighted by molar-refractivity contribution is 5.98. The summed E-state index contributed by atoms with van der Waals surface area (Å²) in [4.78, 5) is 25.7. The van der Waals surface area contributed by atoms with E-state index < -0.39 is 10.8 Å². The average molecular weight is 288 g/mol. The maximum absolute atomic E-state index is 12.9. The van der Waals surface area contributed by atoms with Gasteiger partial charge in [0.05, 0.1) is 25.0 Å². The first-order valence-electron chi connectivity index (χ1n) is 7.98. The minimum absolute atomic E-state index is 0.0638. The molecule has 0 N–H and O–H groups in total. The zero-order valence-electron chi connectivity index (χ0n) is 11.9. The molecule has 8 aliphatic rings. The number of esters is 2. The van der Waals surface area contributed by atoms with E-state index in [4.69, 9.17) is 14.2 Å². The van der Waals surface area contributed by atoms with Crippen molar-refractivity contribution in [3.63, 3.8) is 0 Å². The first-order chi connectivity index (χ1) is 10.1. The second-order valence-corrected chi connectivity index (χ2v) is 8.25. The number of hydrogen-bond donors (Lipinski definition) is 0. The summed E-state index contributed by atoms with van der Waals surface area (Å²) in [5.74, 6) is 1.64. The molecule has 1 heterocycles. The smallest absolute Gasteiger partial charge is 0.313 e. The van der Waals surface area contributed by atoms with Gasteiger partial charge in [0.25, 0.3) is 0 Å². The Labute approximate surface area is 121 Å². The van der Waals surface area contributed by atoms with Gasteiger partial charge in [-0.3, -0.25) is 9.59 Å². The third-order valence-electron chi connectivity index (χ3n) is 9.16. The van der Waals surface area contributed by atoms with Gasteiger partial charge in [-0.2, -0.15) is 0 Å². The number of epoxide rings is 1. The molecule has 10 atom stereocenters. The second-order valence-electron chi connectivity index (χ2n) is 8.25. The van der Waals surface area contributed by atoms with Crippen molar-refractivity contribution in [1.29, 1.82) is 0 Å². The fourth-order valence-electron chi connectivity index (χ4n) is 9.70. The van der Waals surface area contributed by atoms with Gasteiger partial charge in [-0.25, -0.2) is 0 Å². The van der Waals surface area contributed by atoms with Crippen LogP contribution < -0.4 is 0 Å². The zero-order valence-corrected chi connectivity index (χ0v) is 11.9. The normalized spacial score (nSPS) is 73.8. The molecule has 0 aromatic heterocycles. The van der Waals surface area contributed by atoms with Crippen molar-refractivity contribution in [2.45, 2.75) is 24.0 Å². The van der Waals surface area contributed by atoms with E-state index in [0.29, 0.717) is 23.7 Å². The second kappa shape index (κ2) is 2.25. The summed E-state index contributed by atoms with van der Waals surface area (Å²) in [7, 11) is 2.91. The van der Waals surface area contributed by atoms with Gasteiger partial charge < -0.3 is 14.2 Å². The van der Waals surface area contributed by atoms with Crippen molar-refractivity contribution in [3.8, 4) is 0 Å². The molecule has 2 spiro atoms. The van der Waals surface area contributed by atoms with Gasteiger partial charge in [0.2, 0.25) is 0 Å². The van der Waals surface area contributed by atoms with E-state index in [1.165, 1.54) is 14.2 Å². The van der Waals surface area contributed by atoms with Crippen LogP contribution in [0.3, 0.4) is 0 Å². The number of methoxy groups -OCH3 is 2. The summed E-state index contributed by atoms with van der Waals surface area (Å²) in [6, 6.07) is 0. The van der Waals surface area contributed by atoms with Crippen LogP contribution in [-0.4, -0.2) is 37.4 Å². The highest BCUT2D eigenvalue weighted by atomic mass is 16.6. The molecule has 8 rings (SSSR count). The molecular formula is C16H16O5. The molecule has 1 aliphatic heterocycles. The third kappa shape index (κ3) is 0.491. The van der Waals surface area contributed by atoms with Crippen molar-refractivity contribution < 1.29 is 23.8 Å². The Balaban J connectivity index is 1.62. The lowest BCUT2D eigenvalue weighted by Gasteiger charge is -2.60. The van der Waals surface area contributed by atoms with E-state index in [1.54, 1.807) is 0 Å². The maximum atomic E-state index is 12.9. The summed E-state index contributed by atoms with van der Waals surface area (Å²) in [5, 5.41) is 0. The molecule has 5 heteroatoms. The van der Waals surface area contributed by atoms with Crippen molar-refractivity contribution in [3.05, 3.63) is 0 Å². The van der Waals surface area contributed by atoms with Crippen molar-refractivity contribution >= 4 is 11.9 Å². The summed E-state index contributed by atoms with van der Waals surface area (Å²) >= 11 is 0. The van der Waals surface area contributed by atoms with Crippen molar-refractivity contribution in [1.82, 2.24) is 0 Å². The zero-order chi connectivity index (χ0) is 14.2. The van der Waals surface area contributed by atoms with Crippen LogP contribution in [0.25, 0.3) is 0 Å². The fourth-order valence-corrected chi connectivity index (χ4v) is 9.70. The van der Waals surface area contributed by atoms with Crippen LogP contribution in [0, 0.1) is 46.3 Å². The Morgan fingerprint density at radius 3 is 1.81 bits per heavy atom. The van der Waals surface area contributed by atoms with Gasteiger partial charge in [-0.05, 0) is 36.5 Å². The quantitative estimate of drug-likeness (QED) is 0.542. The molecule has 4 bridgehead atoms. The molecule has 5 nitrogen and oxygen atoms in total. The van der Waals surface area contributed by atoms with Crippen molar-refractivity contribution in [2.24, 2.45) is 46.3 Å². The van der Waals surface area contributed by atoms with Crippen LogP contribution in [0.5, 0.6) is 0 Å². The Hall–Kier alpha value is -1.10. The molecular weight excluding hydrogens is 272 g/mol. The van der Waals surface area contributed by atoms with Crippen LogP contribution in [0.1, 0.15) is 12.8 Å². The molecule has 110 valence electrons. The van der Waals surface area contributed by atoms with E-state index in [2.05, 4.69) is 0 Å². The Bertz CT molecular complexity index is 647. The van der Waals surface area contributed by atoms with Crippen LogP contribution in [-0.2, 0) is 23.8 Å². The van der Waals surface area contributed by atoms with E-state index in [-0.39, 0.29) is 35.0 Å². The molecule has 0 radical (unpaired) electrons. The SMILES string of the molecule is COC(=O)[C@]12[C@@H]3[C@@H]4[C@H]5C[C@H]3[C@@]36O[C@]53[C@H](C[C@@H]61)[C@]42C(=O)OC. The van der Waals surface area contributed by atoms with E-state index in [1.807, 2.05) is 0 Å². The van der Waals surface area contributed by atoms with Crippen LogP contribution in [0.4, 0.5) is 0 Å². The van der Waals surface area contributed by atoms with Crippen molar-refractivity contribution in [2.75, 3.05) is 14.2 Å². The largest absolute Gasteiger partial charge is 0.469 e. The minimum atomic E-state index is -0.625. The molecule has 8 fully saturated rings. The Morgan fingerprint density at radius 2 is 1.38 bits per heavy atom. The number of rotatable bonds is 2. The summed E-state index contributed by atoms with van der Waals surface area (Å²) in [6.45, 7) is 0. The van der Waals surface area contributed by atoms with E-state index in [0.717, 1.165) is 12.8 Å². The van der Waals surface area contributed by atoms with E-state index >= 15 is 0 Å². The molecule has 0 unspecified atom stereocenters. The van der Waals surface area contributed by atoms with Crippen LogP contribution in [0.15, 0.2) is 0 Å². The minimum Gasteiger partial charge on any atom is -0.469 e. The summed E-state index contributed by atoms with van der Waals surface area (Å²) < 4.78 is 16.8. The number of carbonyl (C=O) groups is 2. The lowest BCUT2D eigenvalue weighted by Crippen LogP contribution is -2.70.